The maximum atomic E-state index is 11.4. The van der Waals surface area contributed by atoms with E-state index in [9.17, 15) is 4.79 Å². The van der Waals surface area contributed by atoms with Crippen LogP contribution in [-0.2, 0) is 0 Å². The molecule has 0 fully saturated rings. The molecule has 4 heterocycles. The van der Waals surface area contributed by atoms with Crippen molar-refractivity contribution in [1.29, 1.82) is 0 Å². The van der Waals surface area contributed by atoms with Crippen LogP contribution in [0.1, 0.15) is 0 Å². The summed E-state index contributed by atoms with van der Waals surface area (Å²) in [7, 11) is 0. The minimum absolute atomic E-state index is 0.303. The van der Waals surface area contributed by atoms with E-state index >= 15 is 0 Å². The number of aromatic amines is 2. The Balaban J connectivity index is 2.07. The van der Waals surface area contributed by atoms with Crippen molar-refractivity contribution in [1.82, 2.24) is 24.9 Å². The Labute approximate surface area is 117 Å². The van der Waals surface area contributed by atoms with Crippen LogP contribution in [-0.4, -0.2) is 24.9 Å². The van der Waals surface area contributed by atoms with Gasteiger partial charge in [0.05, 0.1) is 11.7 Å². The number of hydrogen-bond acceptors (Lipinski definition) is 5. The Hall–Kier alpha value is -3.22. The fourth-order valence-electron chi connectivity index (χ4n) is 2.22. The zero-order chi connectivity index (χ0) is 14.2. The minimum atomic E-state index is -0.303. The van der Waals surface area contributed by atoms with Crippen LogP contribution >= 0.6 is 0 Å². The topological polar surface area (TPSA) is 100 Å². The Morgan fingerprint density at radius 2 is 1.95 bits per heavy atom. The van der Waals surface area contributed by atoms with E-state index in [-0.39, 0.29) is 5.69 Å². The number of hydrogen-bond donors (Lipinski definition) is 2. The monoisotopic (exact) mass is 279 g/mol. The molecule has 0 saturated heterocycles. The van der Waals surface area contributed by atoms with E-state index in [1.54, 1.807) is 18.6 Å². The van der Waals surface area contributed by atoms with Gasteiger partial charge in [-0.2, -0.15) is 0 Å². The third kappa shape index (κ3) is 1.91. The largest absolute Gasteiger partial charge is 0.443 e. The second-order valence-corrected chi connectivity index (χ2v) is 4.43. The third-order valence-corrected chi connectivity index (χ3v) is 3.13. The van der Waals surface area contributed by atoms with Gasteiger partial charge in [0, 0.05) is 18.0 Å². The number of fused-ring (bicyclic) bond motifs is 1. The molecule has 0 spiro atoms. The lowest BCUT2D eigenvalue weighted by atomic mass is 10.0. The molecule has 21 heavy (non-hydrogen) atoms. The lowest BCUT2D eigenvalue weighted by Gasteiger charge is -2.06. The fraction of sp³-hybridized carbons (Fsp3) is 0. The van der Waals surface area contributed by atoms with Gasteiger partial charge in [0.15, 0.2) is 5.65 Å². The summed E-state index contributed by atoms with van der Waals surface area (Å²) >= 11 is 0. The Bertz CT molecular complexity index is 954. The van der Waals surface area contributed by atoms with Crippen molar-refractivity contribution in [2.24, 2.45) is 0 Å². The van der Waals surface area contributed by atoms with Crippen molar-refractivity contribution in [3.63, 3.8) is 0 Å². The van der Waals surface area contributed by atoms with Crippen LogP contribution in [0.2, 0.25) is 0 Å². The molecule has 0 bridgehead atoms. The Kier molecular flexibility index (Phi) is 2.43. The van der Waals surface area contributed by atoms with Gasteiger partial charge in [0.2, 0.25) is 5.89 Å². The lowest BCUT2D eigenvalue weighted by molar-refractivity contribution is 0.572. The zero-order valence-electron chi connectivity index (χ0n) is 10.7. The number of pyridine rings is 2. The number of H-pyrrole nitrogens is 2. The molecule has 7 nitrogen and oxygen atoms in total. The summed E-state index contributed by atoms with van der Waals surface area (Å²) in [5, 5.41) is 0. The van der Waals surface area contributed by atoms with Crippen molar-refractivity contribution in [2.45, 2.75) is 0 Å². The molecule has 0 aliphatic heterocycles. The molecule has 4 aromatic rings. The van der Waals surface area contributed by atoms with E-state index < -0.39 is 0 Å². The molecule has 0 saturated carbocycles. The Morgan fingerprint density at radius 3 is 2.71 bits per heavy atom. The summed E-state index contributed by atoms with van der Waals surface area (Å²) in [6, 6.07) is 5.56. The SMILES string of the molecule is O=c1[nH]c2cc(-c3ccncc3)c(-c3ncco3)nc2[nH]1. The summed E-state index contributed by atoms with van der Waals surface area (Å²) in [6.45, 7) is 0. The van der Waals surface area contributed by atoms with Gasteiger partial charge in [0.1, 0.15) is 12.0 Å². The first kappa shape index (κ1) is 11.6. The van der Waals surface area contributed by atoms with Crippen molar-refractivity contribution in [2.75, 3.05) is 0 Å². The molecular weight excluding hydrogens is 270 g/mol. The molecule has 7 heteroatoms. The van der Waals surface area contributed by atoms with E-state index in [1.807, 2.05) is 18.2 Å². The van der Waals surface area contributed by atoms with Crippen LogP contribution in [0.25, 0.3) is 33.9 Å². The molecule has 0 amide bonds. The number of oxazole rings is 1. The first-order valence-corrected chi connectivity index (χ1v) is 6.24. The van der Waals surface area contributed by atoms with E-state index in [2.05, 4.69) is 24.9 Å². The van der Waals surface area contributed by atoms with Gasteiger partial charge in [0.25, 0.3) is 0 Å². The van der Waals surface area contributed by atoms with Crippen LogP contribution in [0, 0.1) is 0 Å². The Morgan fingerprint density at radius 1 is 1.10 bits per heavy atom. The van der Waals surface area contributed by atoms with Crippen LogP contribution < -0.4 is 5.69 Å². The standard InChI is InChI=1S/C14H9N5O2/c20-14-17-10-7-9(8-1-3-15-4-2-8)11(18-12(10)19-14)13-16-5-6-21-13/h1-7H,(H2,17,18,19,20). The molecule has 4 rings (SSSR count). The summed E-state index contributed by atoms with van der Waals surface area (Å²) < 4.78 is 5.35. The summed E-state index contributed by atoms with van der Waals surface area (Å²) in [6.07, 6.45) is 6.42. The minimum Gasteiger partial charge on any atom is -0.443 e. The predicted octanol–water partition coefficient (Wildman–Crippen LogP) is 1.97. The van der Waals surface area contributed by atoms with E-state index in [0.717, 1.165) is 11.1 Å². The molecular formula is C14H9N5O2. The molecule has 102 valence electrons. The maximum Gasteiger partial charge on any atom is 0.325 e. The normalized spacial score (nSPS) is 11.0. The highest BCUT2D eigenvalue weighted by atomic mass is 16.3. The molecule has 0 aliphatic rings. The summed E-state index contributed by atoms with van der Waals surface area (Å²) in [5.41, 5.74) is 3.07. The molecule has 0 aliphatic carbocycles. The molecule has 0 unspecified atom stereocenters. The number of rotatable bonds is 2. The fourth-order valence-corrected chi connectivity index (χ4v) is 2.22. The number of imidazole rings is 1. The highest BCUT2D eigenvalue weighted by Gasteiger charge is 2.15. The molecule has 4 aromatic heterocycles. The molecule has 0 atom stereocenters. The van der Waals surface area contributed by atoms with Crippen LogP contribution in [0.4, 0.5) is 0 Å². The van der Waals surface area contributed by atoms with Crippen molar-refractivity contribution < 1.29 is 4.42 Å². The predicted molar refractivity (Wildman–Crippen MR) is 75.4 cm³/mol. The molecule has 2 N–H and O–H groups in total. The second kappa shape index (κ2) is 4.41. The average Bonchev–Trinajstić information content (AvgIpc) is 3.14. The number of aromatic nitrogens is 5. The van der Waals surface area contributed by atoms with Crippen LogP contribution in [0.3, 0.4) is 0 Å². The van der Waals surface area contributed by atoms with Gasteiger partial charge >= 0.3 is 5.69 Å². The van der Waals surface area contributed by atoms with Gasteiger partial charge in [-0.25, -0.2) is 14.8 Å². The highest BCUT2D eigenvalue weighted by Crippen LogP contribution is 2.31. The lowest BCUT2D eigenvalue weighted by Crippen LogP contribution is -1.99. The summed E-state index contributed by atoms with van der Waals surface area (Å²) in [4.78, 5) is 29.4. The maximum absolute atomic E-state index is 11.4. The quantitative estimate of drug-likeness (QED) is 0.584. The third-order valence-electron chi connectivity index (χ3n) is 3.13. The van der Waals surface area contributed by atoms with Gasteiger partial charge in [-0.15, -0.1) is 0 Å². The van der Waals surface area contributed by atoms with E-state index in [0.29, 0.717) is 22.7 Å². The first-order valence-electron chi connectivity index (χ1n) is 6.24. The van der Waals surface area contributed by atoms with Crippen LogP contribution in [0.15, 0.2) is 52.3 Å². The number of nitrogens with zero attached hydrogens (tertiary/aromatic N) is 3. The van der Waals surface area contributed by atoms with E-state index in [1.165, 1.54) is 6.26 Å². The van der Waals surface area contributed by atoms with Gasteiger partial charge in [-0.3, -0.25) is 9.97 Å². The average molecular weight is 279 g/mol. The summed E-state index contributed by atoms with van der Waals surface area (Å²) in [5.74, 6) is 0.394. The van der Waals surface area contributed by atoms with Gasteiger partial charge in [-0.1, -0.05) is 0 Å². The smallest absolute Gasteiger partial charge is 0.325 e. The first-order chi connectivity index (χ1) is 10.3. The van der Waals surface area contributed by atoms with Crippen molar-refractivity contribution in [3.8, 4) is 22.7 Å². The van der Waals surface area contributed by atoms with Crippen molar-refractivity contribution in [3.05, 3.63) is 53.5 Å². The highest BCUT2D eigenvalue weighted by molar-refractivity contribution is 5.86. The van der Waals surface area contributed by atoms with Gasteiger partial charge < -0.3 is 9.40 Å². The molecule has 0 radical (unpaired) electrons. The number of nitrogens with one attached hydrogen (secondary N) is 2. The second-order valence-electron chi connectivity index (χ2n) is 4.43. The van der Waals surface area contributed by atoms with E-state index in [4.69, 9.17) is 4.42 Å². The van der Waals surface area contributed by atoms with Gasteiger partial charge in [-0.05, 0) is 23.8 Å². The van der Waals surface area contributed by atoms with Crippen molar-refractivity contribution >= 4 is 11.2 Å². The zero-order valence-corrected chi connectivity index (χ0v) is 10.7. The molecule has 0 aromatic carbocycles. The van der Waals surface area contributed by atoms with Crippen LogP contribution in [0.5, 0.6) is 0 Å².